The molecule has 1 N–H and O–H groups in total. The van der Waals surface area contributed by atoms with E-state index in [2.05, 4.69) is 5.32 Å². The maximum atomic E-state index is 13.5. The van der Waals surface area contributed by atoms with Gasteiger partial charge in [-0.05, 0) is 42.8 Å². The molecule has 0 saturated carbocycles. The predicted octanol–water partition coefficient (Wildman–Crippen LogP) is 2.89. The minimum atomic E-state index is -4.09. The van der Waals surface area contributed by atoms with E-state index in [1.54, 1.807) is 6.07 Å². The van der Waals surface area contributed by atoms with Crippen molar-refractivity contribution in [2.45, 2.75) is 23.3 Å². The molecule has 4 rings (SSSR count). The summed E-state index contributed by atoms with van der Waals surface area (Å²) < 4.78 is 31.5. The van der Waals surface area contributed by atoms with Crippen LogP contribution in [0.25, 0.3) is 0 Å². The quantitative estimate of drug-likeness (QED) is 0.565. The molecule has 0 fully saturated rings. The number of fused-ring (bicyclic) bond motifs is 2. The molecule has 1 heterocycles. The first kappa shape index (κ1) is 23.2. The van der Waals surface area contributed by atoms with E-state index in [4.69, 9.17) is 4.74 Å². The maximum absolute atomic E-state index is 13.5. The fraction of sp³-hybridized carbons (Fsp3) is 0.160. The molecule has 2 amide bonds. The third kappa shape index (κ3) is 4.29. The summed E-state index contributed by atoms with van der Waals surface area (Å²) in [4.78, 5) is 39.1. The van der Waals surface area contributed by atoms with Gasteiger partial charge >= 0.3 is 5.97 Å². The van der Waals surface area contributed by atoms with Crippen LogP contribution in [0.3, 0.4) is 0 Å². The van der Waals surface area contributed by atoms with E-state index < -0.39 is 34.2 Å². The normalized spacial score (nSPS) is 13.9. The van der Waals surface area contributed by atoms with Crippen molar-refractivity contribution in [2.75, 3.05) is 18.6 Å². The Morgan fingerprint density at radius 1 is 0.971 bits per heavy atom. The highest BCUT2D eigenvalue weighted by atomic mass is 32.2. The molecule has 3 aromatic rings. The van der Waals surface area contributed by atoms with Crippen molar-refractivity contribution >= 4 is 33.3 Å². The number of sulfone groups is 1. The number of nitrogens with one attached hydrogen (secondary N) is 1. The summed E-state index contributed by atoms with van der Waals surface area (Å²) in [6, 6.07) is 17.3. The van der Waals surface area contributed by atoms with Crippen molar-refractivity contribution in [1.82, 2.24) is 5.32 Å². The average molecular weight is 479 g/mol. The average Bonchev–Trinajstić information content (AvgIpc) is 2.91. The van der Waals surface area contributed by atoms with Crippen molar-refractivity contribution in [3.8, 4) is 0 Å². The first-order valence-corrected chi connectivity index (χ1v) is 11.9. The van der Waals surface area contributed by atoms with Gasteiger partial charge in [-0.1, -0.05) is 42.0 Å². The van der Waals surface area contributed by atoms with Gasteiger partial charge in [0.1, 0.15) is 6.54 Å². The van der Waals surface area contributed by atoms with Crippen LogP contribution in [0, 0.1) is 6.92 Å². The van der Waals surface area contributed by atoms with Crippen LogP contribution in [-0.4, -0.2) is 39.9 Å². The topological polar surface area (TPSA) is 110 Å². The number of rotatable bonds is 5. The summed E-state index contributed by atoms with van der Waals surface area (Å²) in [5.41, 5.74) is 1.91. The van der Waals surface area contributed by atoms with Gasteiger partial charge in [-0.2, -0.15) is 0 Å². The lowest BCUT2D eigenvalue weighted by Crippen LogP contribution is -2.40. The van der Waals surface area contributed by atoms with Crippen molar-refractivity contribution in [3.63, 3.8) is 0 Å². The minimum absolute atomic E-state index is 0.0512. The molecule has 1 aliphatic heterocycles. The third-order valence-electron chi connectivity index (χ3n) is 5.52. The van der Waals surface area contributed by atoms with Gasteiger partial charge in [0.2, 0.25) is 15.7 Å². The fourth-order valence-electron chi connectivity index (χ4n) is 3.71. The molecule has 1 aliphatic rings. The number of methoxy groups -OCH3 is 1. The molecule has 9 heteroatoms. The van der Waals surface area contributed by atoms with Crippen molar-refractivity contribution in [2.24, 2.45) is 0 Å². The van der Waals surface area contributed by atoms with E-state index in [0.717, 1.165) is 16.0 Å². The van der Waals surface area contributed by atoms with Gasteiger partial charge in [0, 0.05) is 6.54 Å². The summed E-state index contributed by atoms with van der Waals surface area (Å²) >= 11 is 0. The van der Waals surface area contributed by atoms with Gasteiger partial charge in [0.15, 0.2) is 0 Å². The fourth-order valence-corrected chi connectivity index (χ4v) is 5.35. The van der Waals surface area contributed by atoms with Crippen LogP contribution < -0.4 is 10.2 Å². The molecule has 0 spiro atoms. The molecule has 0 saturated heterocycles. The lowest BCUT2D eigenvalue weighted by Gasteiger charge is -2.22. The third-order valence-corrected chi connectivity index (χ3v) is 7.38. The Kier molecular flexibility index (Phi) is 6.21. The number of ether oxygens (including phenoxy) is 1. The smallest absolute Gasteiger partial charge is 0.337 e. The number of hydrogen-bond donors (Lipinski definition) is 1. The van der Waals surface area contributed by atoms with Crippen LogP contribution in [0.5, 0.6) is 0 Å². The maximum Gasteiger partial charge on any atom is 0.337 e. The largest absolute Gasteiger partial charge is 0.465 e. The van der Waals surface area contributed by atoms with Crippen LogP contribution in [0.4, 0.5) is 5.69 Å². The highest BCUT2D eigenvalue weighted by molar-refractivity contribution is 7.91. The van der Waals surface area contributed by atoms with Crippen LogP contribution >= 0.6 is 0 Å². The number of nitrogens with zero attached hydrogens (tertiary/aromatic N) is 1. The number of hydrogen-bond acceptors (Lipinski definition) is 6. The number of aryl methyl sites for hydroxylation is 1. The van der Waals surface area contributed by atoms with Gasteiger partial charge in [-0.15, -0.1) is 0 Å². The van der Waals surface area contributed by atoms with Crippen molar-refractivity contribution < 1.29 is 27.5 Å². The SMILES string of the molecule is COC(=O)c1ccc2c(c1)N(CC(=O)NCc1ccc(C)cc1)C(=O)c1ccccc1S2(=O)=O. The van der Waals surface area contributed by atoms with Gasteiger partial charge < -0.3 is 10.1 Å². The lowest BCUT2D eigenvalue weighted by molar-refractivity contribution is -0.119. The summed E-state index contributed by atoms with van der Waals surface area (Å²) in [7, 11) is -2.90. The molecular formula is C25H22N2O6S. The minimum Gasteiger partial charge on any atom is -0.465 e. The molecular weight excluding hydrogens is 456 g/mol. The number of carbonyl (C=O) groups excluding carboxylic acids is 3. The number of benzene rings is 3. The number of esters is 1. The molecule has 0 bridgehead atoms. The van der Waals surface area contributed by atoms with Gasteiger partial charge in [0.05, 0.1) is 33.7 Å². The summed E-state index contributed by atoms with van der Waals surface area (Å²) in [6.45, 7) is 1.76. The van der Waals surface area contributed by atoms with Crippen LogP contribution in [0.1, 0.15) is 31.8 Å². The molecule has 0 aliphatic carbocycles. The summed E-state index contributed by atoms with van der Waals surface area (Å²) in [5.74, 6) is -1.84. The monoisotopic (exact) mass is 478 g/mol. The molecule has 34 heavy (non-hydrogen) atoms. The van der Waals surface area contributed by atoms with Gasteiger partial charge in [-0.3, -0.25) is 14.5 Å². The summed E-state index contributed by atoms with van der Waals surface area (Å²) in [5, 5.41) is 2.76. The molecule has 0 aromatic heterocycles. The molecule has 0 unspecified atom stereocenters. The lowest BCUT2D eigenvalue weighted by atomic mass is 10.1. The van der Waals surface area contributed by atoms with E-state index in [9.17, 15) is 22.8 Å². The molecule has 8 nitrogen and oxygen atoms in total. The van der Waals surface area contributed by atoms with E-state index in [1.807, 2.05) is 31.2 Å². The van der Waals surface area contributed by atoms with E-state index in [0.29, 0.717) is 0 Å². The van der Waals surface area contributed by atoms with Gasteiger partial charge in [-0.25, -0.2) is 13.2 Å². The first-order valence-electron chi connectivity index (χ1n) is 10.4. The second kappa shape index (κ2) is 9.11. The van der Waals surface area contributed by atoms with Crippen LogP contribution in [0.15, 0.2) is 76.5 Å². The molecule has 0 atom stereocenters. The van der Waals surface area contributed by atoms with Crippen molar-refractivity contribution in [3.05, 3.63) is 89.0 Å². The summed E-state index contributed by atoms with van der Waals surface area (Å²) in [6.07, 6.45) is 0. The van der Waals surface area contributed by atoms with Gasteiger partial charge in [0.25, 0.3) is 5.91 Å². The Balaban J connectivity index is 1.74. The first-order chi connectivity index (χ1) is 16.2. The van der Waals surface area contributed by atoms with E-state index in [1.165, 1.54) is 43.5 Å². The second-order valence-electron chi connectivity index (χ2n) is 7.83. The van der Waals surface area contributed by atoms with E-state index >= 15 is 0 Å². The molecule has 3 aromatic carbocycles. The Bertz CT molecular complexity index is 1400. The predicted molar refractivity (Wildman–Crippen MR) is 124 cm³/mol. The van der Waals surface area contributed by atoms with Crippen molar-refractivity contribution in [1.29, 1.82) is 0 Å². The van der Waals surface area contributed by atoms with E-state index in [-0.39, 0.29) is 33.2 Å². The van der Waals surface area contributed by atoms with Crippen LogP contribution in [0.2, 0.25) is 0 Å². The number of anilines is 1. The Morgan fingerprint density at radius 2 is 1.68 bits per heavy atom. The number of carbonyl (C=O) groups is 3. The molecule has 174 valence electrons. The zero-order chi connectivity index (χ0) is 24.5. The van der Waals surface area contributed by atoms with Crippen LogP contribution in [-0.2, 0) is 25.9 Å². The Morgan fingerprint density at radius 3 is 2.38 bits per heavy atom. The highest BCUT2D eigenvalue weighted by Crippen LogP contribution is 2.37. The molecule has 0 radical (unpaired) electrons. The second-order valence-corrected chi connectivity index (χ2v) is 9.71. The Labute approximate surface area is 197 Å². The number of amides is 2. The zero-order valence-corrected chi connectivity index (χ0v) is 19.4. The zero-order valence-electron chi connectivity index (χ0n) is 18.6. The highest BCUT2D eigenvalue weighted by Gasteiger charge is 2.36. The standard InChI is InChI=1S/C25H22N2O6S/c1-16-7-9-17(10-8-16)14-26-23(28)15-27-20-13-18(25(30)33-2)11-12-22(20)34(31,32)21-6-4-3-5-19(21)24(27)29/h3-13H,14-15H2,1-2H3,(H,26,28). The Hall–Kier alpha value is -3.98.